The number of carbonyl (C=O) groups is 1. The average Bonchev–Trinajstić information content (AvgIpc) is 3.50. The predicted molar refractivity (Wildman–Crippen MR) is 135 cm³/mol. The third-order valence-electron chi connectivity index (χ3n) is 5.86. The second-order valence-corrected chi connectivity index (χ2v) is 10.2. The second-order valence-electron chi connectivity index (χ2n) is 8.19. The Morgan fingerprint density at radius 3 is 2.76 bits per heavy atom. The van der Waals surface area contributed by atoms with Crippen LogP contribution in [-0.2, 0) is 4.79 Å². The summed E-state index contributed by atoms with van der Waals surface area (Å²) in [5.74, 6) is 0.0457. The number of aromatic nitrogens is 3. The molecule has 5 rings (SSSR count). The number of carbonyl (C=O) groups excluding carboxylic acids is 1. The van der Waals surface area contributed by atoms with Gasteiger partial charge in [0.25, 0.3) is 5.56 Å². The van der Waals surface area contributed by atoms with E-state index in [1.54, 1.807) is 11.3 Å². The number of aryl methyl sites for hydroxylation is 1. The van der Waals surface area contributed by atoms with Gasteiger partial charge in [0.05, 0.1) is 27.4 Å². The maximum atomic E-state index is 13.2. The zero-order valence-corrected chi connectivity index (χ0v) is 19.9. The van der Waals surface area contributed by atoms with Crippen molar-refractivity contribution in [3.63, 3.8) is 0 Å². The summed E-state index contributed by atoms with van der Waals surface area (Å²) in [6.45, 7) is 1.98. The summed E-state index contributed by atoms with van der Waals surface area (Å²) < 4.78 is 1.82. The lowest BCUT2D eigenvalue weighted by Crippen LogP contribution is -2.27. The van der Waals surface area contributed by atoms with E-state index in [1.165, 1.54) is 11.8 Å². The molecule has 0 atom stereocenters. The van der Waals surface area contributed by atoms with Crippen LogP contribution < -0.4 is 10.9 Å². The van der Waals surface area contributed by atoms with E-state index < -0.39 is 0 Å². The number of rotatable bonds is 6. The molecule has 33 heavy (non-hydrogen) atoms. The molecule has 0 unspecified atom stereocenters. The predicted octanol–water partition coefficient (Wildman–Crippen LogP) is 5.67. The number of amides is 1. The van der Waals surface area contributed by atoms with Crippen molar-refractivity contribution in [2.24, 2.45) is 0 Å². The molecule has 168 valence electrons. The van der Waals surface area contributed by atoms with Gasteiger partial charge in [0.15, 0.2) is 5.16 Å². The summed E-state index contributed by atoms with van der Waals surface area (Å²) in [6.07, 6.45) is 4.18. The van der Waals surface area contributed by atoms with E-state index in [4.69, 9.17) is 4.98 Å². The van der Waals surface area contributed by atoms with Gasteiger partial charge in [-0.05, 0) is 44.0 Å². The minimum atomic E-state index is -0.132. The Labute approximate surface area is 200 Å². The maximum absolute atomic E-state index is 13.2. The molecular formula is C25H24N4O2S2. The molecule has 2 aromatic heterocycles. The van der Waals surface area contributed by atoms with E-state index in [1.807, 2.05) is 65.4 Å². The topological polar surface area (TPSA) is 76.9 Å². The molecule has 0 spiro atoms. The number of fused-ring (bicyclic) bond motifs is 1. The average molecular weight is 477 g/mol. The summed E-state index contributed by atoms with van der Waals surface area (Å²) in [5, 5.41) is 7.24. The number of para-hydroxylation sites is 1. The zero-order chi connectivity index (χ0) is 22.8. The Balaban J connectivity index is 1.35. The highest BCUT2D eigenvalue weighted by Gasteiger charge is 2.23. The first-order valence-corrected chi connectivity index (χ1v) is 12.9. The van der Waals surface area contributed by atoms with Crippen LogP contribution in [0.15, 0.2) is 63.9 Å². The van der Waals surface area contributed by atoms with Crippen molar-refractivity contribution in [3.05, 3.63) is 69.3 Å². The lowest BCUT2D eigenvalue weighted by molar-refractivity contribution is -0.113. The van der Waals surface area contributed by atoms with Gasteiger partial charge in [-0.3, -0.25) is 14.2 Å². The fourth-order valence-corrected chi connectivity index (χ4v) is 5.78. The Hall–Kier alpha value is -2.97. The number of thiazole rings is 1. The Morgan fingerprint density at radius 1 is 1.15 bits per heavy atom. The van der Waals surface area contributed by atoms with Crippen LogP contribution >= 0.6 is 23.1 Å². The van der Waals surface area contributed by atoms with Crippen LogP contribution in [0.4, 0.5) is 5.69 Å². The molecular weight excluding hydrogens is 452 g/mol. The summed E-state index contributed by atoms with van der Waals surface area (Å²) in [4.78, 5) is 35.3. The highest BCUT2D eigenvalue weighted by molar-refractivity contribution is 7.99. The second kappa shape index (κ2) is 9.49. The third-order valence-corrected chi connectivity index (χ3v) is 7.58. The van der Waals surface area contributed by atoms with Crippen LogP contribution in [0.3, 0.4) is 0 Å². The number of hydrogen-bond donors (Lipinski definition) is 1. The fraction of sp³-hybridized carbons (Fsp3) is 0.280. The lowest BCUT2D eigenvalue weighted by atomic mass is 10.1. The largest absolute Gasteiger partial charge is 0.325 e. The Bertz CT molecular complexity index is 1370. The molecule has 4 aromatic rings. The van der Waals surface area contributed by atoms with Crippen molar-refractivity contribution < 1.29 is 4.79 Å². The molecule has 1 saturated carbocycles. The SMILES string of the molecule is Cc1nc(-c2cccc(NC(=O)CSc3nc4ccccc4c(=O)n3C3CCCC3)c2)cs1. The summed E-state index contributed by atoms with van der Waals surface area (Å²) >= 11 is 2.92. The van der Waals surface area contributed by atoms with Gasteiger partial charge in [-0.1, -0.05) is 48.9 Å². The molecule has 1 aliphatic carbocycles. The fourth-order valence-electron chi connectivity index (χ4n) is 4.29. The van der Waals surface area contributed by atoms with Crippen LogP contribution in [0.1, 0.15) is 36.7 Å². The molecule has 0 radical (unpaired) electrons. The van der Waals surface area contributed by atoms with Crippen molar-refractivity contribution in [2.75, 3.05) is 11.1 Å². The number of hydrogen-bond acceptors (Lipinski definition) is 6. The van der Waals surface area contributed by atoms with E-state index in [2.05, 4.69) is 10.3 Å². The smallest absolute Gasteiger partial charge is 0.262 e. The summed E-state index contributed by atoms with van der Waals surface area (Å²) in [6, 6.07) is 15.3. The van der Waals surface area contributed by atoms with Gasteiger partial charge in [-0.25, -0.2) is 9.97 Å². The number of benzene rings is 2. The Morgan fingerprint density at radius 2 is 1.97 bits per heavy atom. The standard InChI is InChI=1S/C25H24N4O2S2/c1-16-26-22(14-32-16)17-7-6-8-18(13-17)27-23(30)15-33-25-28-21-12-5-4-11-20(21)24(31)29(25)19-9-2-3-10-19/h4-8,11-14,19H,2-3,9-10,15H2,1H3,(H,27,30). The molecule has 0 aliphatic heterocycles. The molecule has 2 heterocycles. The van der Waals surface area contributed by atoms with Crippen LogP contribution in [0, 0.1) is 6.92 Å². The van der Waals surface area contributed by atoms with Crippen LogP contribution in [-0.4, -0.2) is 26.2 Å². The van der Waals surface area contributed by atoms with E-state index in [9.17, 15) is 9.59 Å². The van der Waals surface area contributed by atoms with E-state index in [0.717, 1.165) is 47.6 Å². The van der Waals surface area contributed by atoms with Crippen molar-refractivity contribution in [1.29, 1.82) is 0 Å². The maximum Gasteiger partial charge on any atom is 0.262 e. The molecule has 8 heteroatoms. The molecule has 1 fully saturated rings. The minimum Gasteiger partial charge on any atom is -0.325 e. The molecule has 0 bridgehead atoms. The van der Waals surface area contributed by atoms with E-state index in [0.29, 0.717) is 16.1 Å². The normalized spacial score (nSPS) is 14.1. The van der Waals surface area contributed by atoms with Gasteiger partial charge in [0, 0.05) is 22.7 Å². The lowest BCUT2D eigenvalue weighted by Gasteiger charge is -2.18. The minimum absolute atomic E-state index is 0.0123. The number of anilines is 1. The van der Waals surface area contributed by atoms with Crippen molar-refractivity contribution >= 4 is 45.6 Å². The van der Waals surface area contributed by atoms with Gasteiger partial charge >= 0.3 is 0 Å². The van der Waals surface area contributed by atoms with Gasteiger partial charge in [0.2, 0.25) is 5.91 Å². The molecule has 1 N–H and O–H groups in total. The van der Waals surface area contributed by atoms with Crippen LogP contribution in [0.5, 0.6) is 0 Å². The van der Waals surface area contributed by atoms with Crippen molar-refractivity contribution in [1.82, 2.24) is 14.5 Å². The van der Waals surface area contributed by atoms with Gasteiger partial charge < -0.3 is 5.32 Å². The molecule has 1 aliphatic rings. The van der Waals surface area contributed by atoms with E-state index >= 15 is 0 Å². The zero-order valence-electron chi connectivity index (χ0n) is 18.3. The molecule has 0 saturated heterocycles. The van der Waals surface area contributed by atoms with Gasteiger partial charge in [-0.15, -0.1) is 11.3 Å². The Kier molecular flexibility index (Phi) is 6.28. The number of thioether (sulfide) groups is 1. The quantitative estimate of drug-likeness (QED) is 0.286. The van der Waals surface area contributed by atoms with Gasteiger partial charge in [-0.2, -0.15) is 0 Å². The van der Waals surface area contributed by atoms with Gasteiger partial charge in [0.1, 0.15) is 0 Å². The first kappa shape index (κ1) is 21.9. The first-order chi connectivity index (χ1) is 16.1. The highest BCUT2D eigenvalue weighted by atomic mass is 32.2. The highest BCUT2D eigenvalue weighted by Crippen LogP contribution is 2.32. The number of nitrogens with zero attached hydrogens (tertiary/aromatic N) is 3. The summed E-state index contributed by atoms with van der Waals surface area (Å²) in [7, 11) is 0. The summed E-state index contributed by atoms with van der Waals surface area (Å²) in [5.41, 5.74) is 3.26. The van der Waals surface area contributed by atoms with E-state index in [-0.39, 0.29) is 23.3 Å². The first-order valence-electron chi connectivity index (χ1n) is 11.0. The number of nitrogens with one attached hydrogen (secondary N) is 1. The van der Waals surface area contributed by atoms with Crippen molar-refractivity contribution in [3.8, 4) is 11.3 Å². The van der Waals surface area contributed by atoms with Crippen molar-refractivity contribution in [2.45, 2.75) is 43.8 Å². The molecule has 1 amide bonds. The third kappa shape index (κ3) is 4.72. The van der Waals surface area contributed by atoms with Crippen LogP contribution in [0.2, 0.25) is 0 Å². The monoisotopic (exact) mass is 476 g/mol. The van der Waals surface area contributed by atoms with Crippen LogP contribution in [0.25, 0.3) is 22.2 Å². The molecule has 2 aromatic carbocycles. The molecule has 6 nitrogen and oxygen atoms in total.